The summed E-state index contributed by atoms with van der Waals surface area (Å²) >= 11 is 0. The predicted molar refractivity (Wildman–Crippen MR) is 114 cm³/mol. The molecule has 144 valence electrons. The molecule has 3 nitrogen and oxygen atoms in total. The van der Waals surface area contributed by atoms with E-state index in [-0.39, 0.29) is 5.91 Å². The molecule has 2 aliphatic heterocycles. The van der Waals surface area contributed by atoms with Crippen molar-refractivity contribution in [3.8, 4) is 0 Å². The van der Waals surface area contributed by atoms with Crippen LogP contribution in [0, 0.1) is 0 Å². The lowest BCUT2D eigenvalue weighted by molar-refractivity contribution is -0.113. The number of nitrogens with zero attached hydrogens (tertiary/aromatic N) is 2. The summed E-state index contributed by atoms with van der Waals surface area (Å²) in [5.41, 5.74) is 6.13. The minimum atomic E-state index is 0.189. The van der Waals surface area contributed by atoms with Crippen molar-refractivity contribution in [1.29, 1.82) is 0 Å². The van der Waals surface area contributed by atoms with E-state index in [1.165, 1.54) is 30.4 Å². The Bertz CT molecular complexity index is 924. The minimum Gasteiger partial charge on any atom is -0.305 e. The van der Waals surface area contributed by atoms with Gasteiger partial charge >= 0.3 is 0 Å². The second-order valence-corrected chi connectivity index (χ2v) is 8.33. The Balaban J connectivity index is 1.29. The minimum absolute atomic E-state index is 0.189. The number of carbonyl (C=O) groups excluding carboxylic acids is 1. The lowest BCUT2D eigenvalue weighted by atomic mass is 9.86. The Hall–Kier alpha value is -2.39. The van der Waals surface area contributed by atoms with Crippen LogP contribution >= 0.6 is 0 Å². The largest absolute Gasteiger partial charge is 0.305 e. The van der Waals surface area contributed by atoms with Crippen LogP contribution in [0.2, 0.25) is 0 Å². The lowest BCUT2D eigenvalue weighted by Gasteiger charge is -2.42. The van der Waals surface area contributed by atoms with Crippen molar-refractivity contribution in [1.82, 2.24) is 4.90 Å². The van der Waals surface area contributed by atoms with Crippen molar-refractivity contribution < 1.29 is 4.79 Å². The number of aryl methyl sites for hydroxylation is 1. The first-order chi connectivity index (χ1) is 13.8. The third kappa shape index (κ3) is 2.89. The zero-order valence-corrected chi connectivity index (χ0v) is 16.6. The highest BCUT2D eigenvalue weighted by Gasteiger charge is 2.38. The number of hydrogen-bond donors (Lipinski definition) is 0. The molecule has 1 fully saturated rings. The summed E-state index contributed by atoms with van der Waals surface area (Å²) in [6.07, 6.45) is 7.73. The lowest BCUT2D eigenvalue weighted by Crippen LogP contribution is -2.50. The molecule has 5 rings (SSSR count). The highest BCUT2D eigenvalue weighted by Crippen LogP contribution is 2.40. The van der Waals surface area contributed by atoms with Crippen LogP contribution < -0.4 is 4.90 Å². The molecule has 0 saturated carbocycles. The van der Waals surface area contributed by atoms with Crippen molar-refractivity contribution in [3.63, 3.8) is 0 Å². The van der Waals surface area contributed by atoms with Gasteiger partial charge in [0.05, 0.1) is 5.69 Å². The number of fused-ring (bicyclic) bond motifs is 2. The molecular weight excluding hydrogens is 344 g/mol. The van der Waals surface area contributed by atoms with Gasteiger partial charge in [0, 0.05) is 36.3 Å². The van der Waals surface area contributed by atoms with Gasteiger partial charge < -0.3 is 4.90 Å². The van der Waals surface area contributed by atoms with Gasteiger partial charge in [-0.15, -0.1) is 0 Å². The molecule has 1 atom stereocenters. The topological polar surface area (TPSA) is 23.6 Å². The van der Waals surface area contributed by atoms with Crippen LogP contribution in [0.5, 0.6) is 0 Å². The predicted octanol–water partition coefficient (Wildman–Crippen LogP) is 4.46. The first-order valence-corrected chi connectivity index (χ1v) is 10.7. The van der Waals surface area contributed by atoms with Crippen LogP contribution in [0.15, 0.2) is 54.6 Å². The highest BCUT2D eigenvalue weighted by molar-refractivity contribution is 6.32. The smallest absolute Gasteiger partial charge is 0.258 e. The number of benzene rings is 2. The van der Waals surface area contributed by atoms with Gasteiger partial charge in [-0.05, 0) is 56.2 Å². The summed E-state index contributed by atoms with van der Waals surface area (Å²) in [4.78, 5) is 17.8. The van der Waals surface area contributed by atoms with Crippen LogP contribution in [0.1, 0.15) is 42.9 Å². The average Bonchev–Trinajstić information content (AvgIpc) is 3.04. The summed E-state index contributed by atoms with van der Waals surface area (Å²) in [5.74, 6) is 0.189. The fourth-order valence-corrected chi connectivity index (χ4v) is 5.41. The maximum atomic E-state index is 13.1. The monoisotopic (exact) mass is 372 g/mol. The van der Waals surface area contributed by atoms with E-state index < -0.39 is 0 Å². The van der Waals surface area contributed by atoms with Crippen molar-refractivity contribution in [3.05, 3.63) is 71.3 Å². The fourth-order valence-electron chi connectivity index (χ4n) is 5.41. The van der Waals surface area contributed by atoms with Gasteiger partial charge in [-0.2, -0.15) is 0 Å². The summed E-state index contributed by atoms with van der Waals surface area (Å²) in [7, 11) is 0. The first-order valence-electron chi connectivity index (χ1n) is 10.7. The van der Waals surface area contributed by atoms with Gasteiger partial charge in [-0.1, -0.05) is 48.5 Å². The first kappa shape index (κ1) is 17.7. The van der Waals surface area contributed by atoms with Gasteiger partial charge in [0.15, 0.2) is 0 Å². The number of para-hydroxylation sites is 1. The Labute approximate surface area is 167 Å². The summed E-state index contributed by atoms with van der Waals surface area (Å²) in [6, 6.07) is 18.2. The Morgan fingerprint density at radius 3 is 2.39 bits per heavy atom. The van der Waals surface area contributed by atoms with Crippen molar-refractivity contribution in [2.24, 2.45) is 0 Å². The van der Waals surface area contributed by atoms with E-state index in [1.807, 2.05) is 25.1 Å². The van der Waals surface area contributed by atoms with Crippen LogP contribution in [0.25, 0.3) is 5.57 Å². The van der Waals surface area contributed by atoms with Gasteiger partial charge in [-0.3, -0.25) is 9.69 Å². The third-order valence-corrected chi connectivity index (χ3v) is 6.89. The van der Waals surface area contributed by atoms with Crippen LogP contribution in [0.4, 0.5) is 5.69 Å². The Morgan fingerprint density at radius 2 is 1.61 bits per heavy atom. The number of allylic oxidation sites excluding steroid dienone is 1. The molecule has 2 aromatic rings. The zero-order valence-electron chi connectivity index (χ0n) is 16.6. The standard InChI is InChI=1S/C25H28N2O/c1-2-22-23-9-5-6-10-24(23)27(25(22)28)20-13-15-26(16-14-20)21-12-11-18-7-3-4-8-19(18)17-21/h2-10,20-21H,11-17H2,1H3. The SMILES string of the molecule is CC=C1C(=O)N(C2CCN(C3CCc4ccccc4C3)CC2)c2ccccc21. The van der Waals surface area contributed by atoms with Gasteiger partial charge in [0.2, 0.25) is 0 Å². The normalized spacial score (nSPS) is 24.5. The molecule has 1 amide bonds. The molecule has 1 saturated heterocycles. The Kier molecular flexibility index (Phi) is 4.56. The summed E-state index contributed by atoms with van der Waals surface area (Å²) in [5, 5.41) is 0. The van der Waals surface area contributed by atoms with E-state index in [9.17, 15) is 4.79 Å². The number of anilines is 1. The fraction of sp³-hybridized carbons (Fsp3) is 0.400. The van der Waals surface area contributed by atoms with Crippen molar-refractivity contribution >= 4 is 17.2 Å². The van der Waals surface area contributed by atoms with E-state index >= 15 is 0 Å². The van der Waals surface area contributed by atoms with Gasteiger partial charge in [-0.25, -0.2) is 0 Å². The molecule has 3 heteroatoms. The molecule has 0 aromatic heterocycles. The molecule has 3 aliphatic rings. The van der Waals surface area contributed by atoms with Crippen LogP contribution in [-0.4, -0.2) is 36.0 Å². The maximum Gasteiger partial charge on any atom is 0.258 e. The van der Waals surface area contributed by atoms with Crippen LogP contribution in [-0.2, 0) is 17.6 Å². The Morgan fingerprint density at radius 1 is 0.893 bits per heavy atom. The molecule has 28 heavy (non-hydrogen) atoms. The van der Waals surface area contributed by atoms with E-state index in [2.05, 4.69) is 46.2 Å². The van der Waals surface area contributed by atoms with Crippen LogP contribution in [0.3, 0.4) is 0 Å². The molecule has 2 aromatic carbocycles. The van der Waals surface area contributed by atoms with Crippen molar-refractivity contribution in [2.75, 3.05) is 18.0 Å². The summed E-state index contributed by atoms with van der Waals surface area (Å²) in [6.45, 7) is 4.15. The zero-order chi connectivity index (χ0) is 19.1. The molecule has 2 heterocycles. The van der Waals surface area contributed by atoms with Gasteiger partial charge in [0.25, 0.3) is 5.91 Å². The molecule has 0 radical (unpaired) electrons. The van der Waals surface area contributed by atoms with Crippen molar-refractivity contribution in [2.45, 2.75) is 51.1 Å². The van der Waals surface area contributed by atoms with E-state index in [0.29, 0.717) is 12.1 Å². The number of rotatable bonds is 2. The molecule has 0 N–H and O–H groups in total. The van der Waals surface area contributed by atoms with E-state index in [0.717, 1.165) is 42.8 Å². The quantitative estimate of drug-likeness (QED) is 0.727. The van der Waals surface area contributed by atoms with E-state index in [4.69, 9.17) is 0 Å². The molecular formula is C25H28N2O. The third-order valence-electron chi connectivity index (χ3n) is 6.89. The number of amides is 1. The number of hydrogen-bond acceptors (Lipinski definition) is 2. The second kappa shape index (κ2) is 7.21. The second-order valence-electron chi connectivity index (χ2n) is 8.33. The summed E-state index contributed by atoms with van der Waals surface area (Å²) < 4.78 is 0. The number of carbonyl (C=O) groups is 1. The average molecular weight is 373 g/mol. The molecule has 1 aliphatic carbocycles. The molecule has 0 bridgehead atoms. The molecule has 1 unspecified atom stereocenters. The van der Waals surface area contributed by atoms with Gasteiger partial charge in [0.1, 0.15) is 0 Å². The molecule has 0 spiro atoms. The maximum absolute atomic E-state index is 13.1. The number of likely N-dealkylation sites (tertiary alicyclic amines) is 1. The van der Waals surface area contributed by atoms with E-state index in [1.54, 1.807) is 0 Å². The number of piperidine rings is 1. The highest BCUT2D eigenvalue weighted by atomic mass is 16.2.